The number of carbonyl (C=O) groups is 1. The van der Waals surface area contributed by atoms with Gasteiger partial charge in [0.15, 0.2) is 10.8 Å². The number of nitrogens with zero attached hydrogens (tertiary/aromatic N) is 2. The van der Waals surface area contributed by atoms with Gasteiger partial charge in [-0.25, -0.2) is 9.78 Å². The zero-order chi connectivity index (χ0) is 15.6. The third kappa shape index (κ3) is 3.47. The smallest absolute Gasteiger partial charge is 0.356 e. The summed E-state index contributed by atoms with van der Waals surface area (Å²) >= 11 is 17.6. The number of nitrogens with one attached hydrogen (secondary N) is 1. The largest absolute Gasteiger partial charge is 0.476 e. The van der Waals surface area contributed by atoms with Crippen LogP contribution in [-0.2, 0) is 0 Å². The number of aromatic nitrogens is 1. The molecule has 110 valence electrons. The molecule has 0 radical (unpaired) electrons. The summed E-state index contributed by atoms with van der Waals surface area (Å²) in [6.45, 7) is 1.79. The van der Waals surface area contributed by atoms with Crippen molar-refractivity contribution in [3.8, 4) is 0 Å². The van der Waals surface area contributed by atoms with Crippen molar-refractivity contribution in [2.45, 2.75) is 6.92 Å². The predicted octanol–water partition coefficient (Wildman–Crippen LogP) is 4.09. The van der Waals surface area contributed by atoms with Gasteiger partial charge < -0.3 is 9.52 Å². The molecule has 0 unspecified atom stereocenters. The molecule has 0 aromatic carbocycles. The van der Waals surface area contributed by atoms with Crippen molar-refractivity contribution in [2.75, 3.05) is 5.43 Å². The molecule has 0 saturated carbocycles. The van der Waals surface area contributed by atoms with Crippen molar-refractivity contribution < 1.29 is 14.3 Å². The second-order valence-electron chi connectivity index (χ2n) is 3.88. The molecule has 0 aliphatic heterocycles. The Balaban J connectivity index is 2.31. The van der Waals surface area contributed by atoms with Crippen molar-refractivity contribution in [2.24, 2.45) is 5.10 Å². The fourth-order valence-electron chi connectivity index (χ4n) is 1.44. The summed E-state index contributed by atoms with van der Waals surface area (Å²) in [5, 5.41) is 12.4. The molecule has 2 heterocycles. The third-order valence-corrected chi connectivity index (χ3v) is 3.48. The van der Waals surface area contributed by atoms with E-state index in [-0.39, 0.29) is 20.9 Å². The summed E-state index contributed by atoms with van der Waals surface area (Å²) in [6, 6.07) is 3.49. The summed E-state index contributed by atoms with van der Waals surface area (Å²) in [5.74, 6) is -0.0919. The minimum absolute atomic E-state index is 0.0283. The molecule has 2 rings (SSSR count). The highest BCUT2D eigenvalue weighted by Gasteiger charge is 2.20. The molecule has 0 aliphatic rings. The Morgan fingerprint density at radius 2 is 2.10 bits per heavy atom. The number of rotatable bonds is 4. The molecule has 0 atom stereocenters. The van der Waals surface area contributed by atoms with Crippen LogP contribution in [0.5, 0.6) is 0 Å². The number of hydrogen-bond donors (Lipinski definition) is 2. The third-order valence-electron chi connectivity index (χ3n) is 2.37. The molecule has 9 heteroatoms. The lowest BCUT2D eigenvalue weighted by molar-refractivity contribution is 0.0691. The molecule has 0 aliphatic carbocycles. The van der Waals surface area contributed by atoms with E-state index >= 15 is 0 Å². The number of hydrogen-bond acceptors (Lipinski definition) is 5. The van der Waals surface area contributed by atoms with Crippen LogP contribution < -0.4 is 5.43 Å². The van der Waals surface area contributed by atoms with Crippen molar-refractivity contribution in [1.82, 2.24) is 4.98 Å². The Labute approximate surface area is 134 Å². The number of carboxylic acids is 1. The maximum atomic E-state index is 11.0. The average Bonchev–Trinajstić information content (AvgIpc) is 2.83. The lowest BCUT2D eigenvalue weighted by Crippen LogP contribution is -2.05. The van der Waals surface area contributed by atoms with E-state index in [1.807, 2.05) is 0 Å². The number of carboxylic acid groups (broad SMARTS) is 1. The van der Waals surface area contributed by atoms with Gasteiger partial charge in [0.1, 0.15) is 21.6 Å². The summed E-state index contributed by atoms with van der Waals surface area (Å²) in [6.07, 6.45) is 1.38. The Morgan fingerprint density at radius 3 is 2.67 bits per heavy atom. The first-order chi connectivity index (χ1) is 9.90. The van der Waals surface area contributed by atoms with Crippen molar-refractivity contribution in [1.29, 1.82) is 0 Å². The van der Waals surface area contributed by atoms with Gasteiger partial charge in [-0.15, -0.1) is 0 Å². The van der Waals surface area contributed by atoms with Crippen LogP contribution in [0.25, 0.3) is 0 Å². The maximum Gasteiger partial charge on any atom is 0.356 e. The van der Waals surface area contributed by atoms with Crippen LogP contribution in [-0.4, -0.2) is 22.3 Å². The van der Waals surface area contributed by atoms with E-state index in [9.17, 15) is 4.79 Å². The van der Waals surface area contributed by atoms with Gasteiger partial charge in [0.2, 0.25) is 0 Å². The van der Waals surface area contributed by atoms with Crippen molar-refractivity contribution >= 4 is 52.7 Å². The molecule has 6 nitrogen and oxygen atoms in total. The van der Waals surface area contributed by atoms with Gasteiger partial charge in [-0.2, -0.15) is 5.10 Å². The van der Waals surface area contributed by atoms with E-state index in [0.29, 0.717) is 5.76 Å². The van der Waals surface area contributed by atoms with E-state index in [2.05, 4.69) is 15.5 Å². The number of halogens is 3. The summed E-state index contributed by atoms with van der Waals surface area (Å²) < 4.78 is 5.28. The minimum Gasteiger partial charge on any atom is -0.476 e. The van der Waals surface area contributed by atoms with E-state index in [0.717, 1.165) is 5.76 Å². The lowest BCUT2D eigenvalue weighted by atomic mass is 10.3. The molecule has 0 fully saturated rings. The van der Waals surface area contributed by atoms with Gasteiger partial charge in [0, 0.05) is 0 Å². The Hall–Kier alpha value is -1.76. The maximum absolute atomic E-state index is 11.0. The normalized spacial score (nSPS) is 11.0. The quantitative estimate of drug-likeness (QED) is 0.493. The molecule has 0 amide bonds. The zero-order valence-electron chi connectivity index (χ0n) is 10.5. The van der Waals surface area contributed by atoms with Gasteiger partial charge in [-0.1, -0.05) is 34.8 Å². The predicted molar refractivity (Wildman–Crippen MR) is 80.9 cm³/mol. The molecule has 0 spiro atoms. The van der Waals surface area contributed by atoms with Gasteiger partial charge >= 0.3 is 5.97 Å². The fourth-order valence-corrected chi connectivity index (χ4v) is 2.10. The van der Waals surface area contributed by atoms with Gasteiger partial charge in [-0.3, -0.25) is 5.43 Å². The van der Waals surface area contributed by atoms with E-state index in [4.69, 9.17) is 44.3 Å². The van der Waals surface area contributed by atoms with Crippen LogP contribution >= 0.6 is 34.8 Å². The highest BCUT2D eigenvalue weighted by Crippen LogP contribution is 2.36. The number of pyridine rings is 1. The topological polar surface area (TPSA) is 87.7 Å². The van der Waals surface area contributed by atoms with Crippen LogP contribution in [0.15, 0.2) is 21.7 Å². The number of aryl methyl sites for hydroxylation is 1. The molecule has 0 bridgehead atoms. The van der Waals surface area contributed by atoms with Crippen LogP contribution in [0.4, 0.5) is 5.69 Å². The van der Waals surface area contributed by atoms with Gasteiger partial charge in [0.25, 0.3) is 0 Å². The first kappa shape index (κ1) is 15.6. The van der Waals surface area contributed by atoms with E-state index in [1.54, 1.807) is 19.1 Å². The molecule has 2 aromatic heterocycles. The van der Waals surface area contributed by atoms with Gasteiger partial charge in [0.05, 0.1) is 11.9 Å². The Bertz CT molecular complexity index is 728. The molecular weight excluding hydrogens is 341 g/mol. The standard InChI is InChI=1S/C12H8Cl3N3O3/c1-5-2-3-6(21-5)4-16-18-9-7(13)10(12(19)20)17-11(15)8(9)14/h2-4H,1H3,(H,17,18)(H,19,20)/b16-4+. The molecule has 0 saturated heterocycles. The zero-order valence-corrected chi connectivity index (χ0v) is 12.8. The first-order valence-electron chi connectivity index (χ1n) is 5.53. The Morgan fingerprint density at radius 1 is 1.38 bits per heavy atom. The Kier molecular flexibility index (Phi) is 4.72. The van der Waals surface area contributed by atoms with E-state index in [1.165, 1.54) is 6.21 Å². The second-order valence-corrected chi connectivity index (χ2v) is 4.99. The summed E-state index contributed by atoms with van der Waals surface area (Å²) in [5.41, 5.74) is 2.17. The van der Waals surface area contributed by atoms with Crippen molar-refractivity contribution in [3.05, 3.63) is 44.5 Å². The lowest BCUT2D eigenvalue weighted by Gasteiger charge is -2.09. The minimum atomic E-state index is -1.33. The monoisotopic (exact) mass is 347 g/mol. The highest BCUT2D eigenvalue weighted by molar-refractivity contribution is 6.46. The number of aromatic carboxylic acids is 1. The molecule has 21 heavy (non-hydrogen) atoms. The van der Waals surface area contributed by atoms with Crippen molar-refractivity contribution in [3.63, 3.8) is 0 Å². The molecule has 2 aromatic rings. The average molecular weight is 349 g/mol. The van der Waals surface area contributed by atoms with Crippen LogP contribution in [0.3, 0.4) is 0 Å². The number of anilines is 1. The molecular formula is C12H8Cl3N3O3. The van der Waals surface area contributed by atoms with Gasteiger partial charge in [-0.05, 0) is 19.1 Å². The summed E-state index contributed by atoms with van der Waals surface area (Å²) in [4.78, 5) is 14.6. The highest BCUT2D eigenvalue weighted by atomic mass is 35.5. The van der Waals surface area contributed by atoms with E-state index < -0.39 is 11.7 Å². The van der Waals surface area contributed by atoms with Crippen LogP contribution in [0.2, 0.25) is 15.2 Å². The van der Waals surface area contributed by atoms with Crippen LogP contribution in [0, 0.1) is 6.92 Å². The van der Waals surface area contributed by atoms with Crippen LogP contribution in [0.1, 0.15) is 22.0 Å². The summed E-state index contributed by atoms with van der Waals surface area (Å²) in [7, 11) is 0. The SMILES string of the molecule is Cc1ccc(/C=N/Nc2c(Cl)c(Cl)nc(C(=O)O)c2Cl)o1. The first-order valence-corrected chi connectivity index (χ1v) is 6.67. The number of hydrazone groups is 1. The second kappa shape index (κ2) is 6.34. The molecule has 2 N–H and O–H groups in total. The fraction of sp³-hybridized carbons (Fsp3) is 0.0833. The number of furan rings is 1.